The van der Waals surface area contributed by atoms with Crippen LogP contribution < -0.4 is 11.1 Å². The van der Waals surface area contributed by atoms with E-state index in [1.807, 2.05) is 11.6 Å². The van der Waals surface area contributed by atoms with Crippen molar-refractivity contribution in [3.8, 4) is 0 Å². The standard InChI is InChI=1S/C12H23N5/c1-4-6-14-12(13)15-7-5-8-17-11(3)9-10(2)16-17/h9H,4-8H2,1-3H3,(H3,13,14,15). The topological polar surface area (TPSA) is 68.2 Å². The van der Waals surface area contributed by atoms with E-state index in [0.717, 1.165) is 38.2 Å². The molecule has 1 heterocycles. The van der Waals surface area contributed by atoms with E-state index in [9.17, 15) is 0 Å². The molecule has 0 aliphatic rings. The summed E-state index contributed by atoms with van der Waals surface area (Å²) in [6.07, 6.45) is 2.01. The number of rotatable bonds is 6. The van der Waals surface area contributed by atoms with Crippen LogP contribution >= 0.6 is 0 Å². The SMILES string of the molecule is CCCN=C(N)NCCCn1nc(C)cc1C. The summed E-state index contributed by atoms with van der Waals surface area (Å²) in [5.41, 5.74) is 7.96. The van der Waals surface area contributed by atoms with Gasteiger partial charge in [0.15, 0.2) is 5.96 Å². The van der Waals surface area contributed by atoms with Crippen LogP contribution in [0.4, 0.5) is 0 Å². The van der Waals surface area contributed by atoms with E-state index in [2.05, 4.69) is 35.3 Å². The molecule has 96 valence electrons. The van der Waals surface area contributed by atoms with Crippen molar-refractivity contribution in [3.05, 3.63) is 17.5 Å². The summed E-state index contributed by atoms with van der Waals surface area (Å²) >= 11 is 0. The third-order valence-corrected chi connectivity index (χ3v) is 2.46. The van der Waals surface area contributed by atoms with Crippen molar-refractivity contribution in [1.29, 1.82) is 0 Å². The van der Waals surface area contributed by atoms with Gasteiger partial charge >= 0.3 is 0 Å². The van der Waals surface area contributed by atoms with Gasteiger partial charge in [-0.05, 0) is 32.8 Å². The van der Waals surface area contributed by atoms with Crippen LogP contribution in [0.25, 0.3) is 0 Å². The minimum atomic E-state index is 0.542. The average molecular weight is 237 g/mol. The first-order valence-corrected chi connectivity index (χ1v) is 6.18. The molecule has 1 aromatic rings. The van der Waals surface area contributed by atoms with Gasteiger partial charge in [-0.3, -0.25) is 9.67 Å². The Bertz CT molecular complexity index is 367. The molecule has 17 heavy (non-hydrogen) atoms. The lowest BCUT2D eigenvalue weighted by atomic mass is 10.4. The van der Waals surface area contributed by atoms with E-state index in [-0.39, 0.29) is 0 Å². The number of nitrogens with two attached hydrogens (primary N) is 1. The van der Waals surface area contributed by atoms with E-state index in [4.69, 9.17) is 5.73 Å². The number of nitrogens with zero attached hydrogens (tertiary/aromatic N) is 3. The minimum Gasteiger partial charge on any atom is -0.370 e. The number of aromatic nitrogens is 2. The van der Waals surface area contributed by atoms with Crippen LogP contribution in [0.15, 0.2) is 11.1 Å². The fourth-order valence-corrected chi connectivity index (χ4v) is 1.63. The van der Waals surface area contributed by atoms with Gasteiger partial charge in [0.05, 0.1) is 5.69 Å². The summed E-state index contributed by atoms with van der Waals surface area (Å²) in [6.45, 7) is 8.70. The molecule has 0 bridgehead atoms. The maximum absolute atomic E-state index is 5.69. The van der Waals surface area contributed by atoms with Crippen LogP contribution in [0, 0.1) is 13.8 Å². The van der Waals surface area contributed by atoms with Crippen molar-refractivity contribution in [2.75, 3.05) is 13.1 Å². The first kappa shape index (κ1) is 13.5. The molecule has 5 nitrogen and oxygen atoms in total. The van der Waals surface area contributed by atoms with Gasteiger partial charge in [0, 0.05) is 25.3 Å². The molecule has 0 saturated carbocycles. The summed E-state index contributed by atoms with van der Waals surface area (Å²) in [5.74, 6) is 0.542. The quantitative estimate of drug-likeness (QED) is 0.444. The molecular weight excluding hydrogens is 214 g/mol. The molecular formula is C12H23N5. The third kappa shape index (κ3) is 4.89. The molecule has 5 heteroatoms. The predicted molar refractivity (Wildman–Crippen MR) is 71.1 cm³/mol. The fraction of sp³-hybridized carbons (Fsp3) is 0.667. The number of nitrogens with one attached hydrogen (secondary N) is 1. The second-order valence-electron chi connectivity index (χ2n) is 4.20. The van der Waals surface area contributed by atoms with Crippen molar-refractivity contribution in [3.63, 3.8) is 0 Å². The lowest BCUT2D eigenvalue weighted by Crippen LogP contribution is -2.33. The molecule has 0 saturated heterocycles. The Balaban J connectivity index is 2.22. The molecule has 0 aromatic carbocycles. The van der Waals surface area contributed by atoms with Crippen LogP contribution in [-0.4, -0.2) is 28.8 Å². The molecule has 0 amide bonds. The van der Waals surface area contributed by atoms with Gasteiger partial charge in [0.2, 0.25) is 0 Å². The highest BCUT2D eigenvalue weighted by Gasteiger charge is 1.99. The highest BCUT2D eigenvalue weighted by atomic mass is 15.3. The summed E-state index contributed by atoms with van der Waals surface area (Å²) in [7, 11) is 0. The van der Waals surface area contributed by atoms with Crippen molar-refractivity contribution in [1.82, 2.24) is 15.1 Å². The highest BCUT2D eigenvalue weighted by Crippen LogP contribution is 2.01. The lowest BCUT2D eigenvalue weighted by Gasteiger charge is -2.06. The zero-order valence-electron chi connectivity index (χ0n) is 11.0. The predicted octanol–water partition coefficient (Wildman–Crippen LogP) is 1.20. The second-order valence-corrected chi connectivity index (χ2v) is 4.20. The van der Waals surface area contributed by atoms with Gasteiger partial charge in [-0.15, -0.1) is 0 Å². The number of hydrogen-bond acceptors (Lipinski definition) is 2. The zero-order valence-corrected chi connectivity index (χ0v) is 11.0. The van der Waals surface area contributed by atoms with Crippen LogP contribution in [0.1, 0.15) is 31.2 Å². The molecule has 0 radical (unpaired) electrons. The fourth-order valence-electron chi connectivity index (χ4n) is 1.63. The second kappa shape index (κ2) is 6.93. The van der Waals surface area contributed by atoms with Gasteiger partial charge in [-0.25, -0.2) is 0 Å². The van der Waals surface area contributed by atoms with Crippen LogP contribution in [0.3, 0.4) is 0 Å². The maximum Gasteiger partial charge on any atom is 0.188 e. The van der Waals surface area contributed by atoms with Crippen LogP contribution in [-0.2, 0) is 6.54 Å². The van der Waals surface area contributed by atoms with Gasteiger partial charge in [-0.2, -0.15) is 5.10 Å². The molecule has 1 rings (SSSR count). The largest absolute Gasteiger partial charge is 0.370 e. The molecule has 0 atom stereocenters. The molecule has 0 aliphatic carbocycles. The van der Waals surface area contributed by atoms with Gasteiger partial charge in [0.25, 0.3) is 0 Å². The molecule has 0 spiro atoms. The first-order chi connectivity index (χ1) is 8.13. The van der Waals surface area contributed by atoms with E-state index < -0.39 is 0 Å². The van der Waals surface area contributed by atoms with E-state index in [1.54, 1.807) is 0 Å². The van der Waals surface area contributed by atoms with Gasteiger partial charge < -0.3 is 11.1 Å². The lowest BCUT2D eigenvalue weighted by molar-refractivity contribution is 0.557. The summed E-state index contributed by atoms with van der Waals surface area (Å²) in [4.78, 5) is 4.17. The van der Waals surface area contributed by atoms with Crippen molar-refractivity contribution < 1.29 is 0 Å². The minimum absolute atomic E-state index is 0.542. The molecule has 0 aliphatic heterocycles. The number of aryl methyl sites for hydroxylation is 3. The van der Waals surface area contributed by atoms with E-state index >= 15 is 0 Å². The molecule has 3 N–H and O–H groups in total. The molecule has 1 aromatic heterocycles. The smallest absolute Gasteiger partial charge is 0.188 e. The number of aliphatic imine (C=N–C) groups is 1. The van der Waals surface area contributed by atoms with Crippen molar-refractivity contribution >= 4 is 5.96 Å². The van der Waals surface area contributed by atoms with Crippen molar-refractivity contribution in [2.45, 2.75) is 40.2 Å². The number of guanidine groups is 1. The van der Waals surface area contributed by atoms with Crippen molar-refractivity contribution in [2.24, 2.45) is 10.7 Å². The third-order valence-electron chi connectivity index (χ3n) is 2.46. The summed E-state index contributed by atoms with van der Waals surface area (Å²) in [6, 6.07) is 2.09. The Labute approximate surface area is 103 Å². The summed E-state index contributed by atoms with van der Waals surface area (Å²) < 4.78 is 2.02. The zero-order chi connectivity index (χ0) is 12.7. The van der Waals surface area contributed by atoms with Gasteiger partial charge in [-0.1, -0.05) is 6.92 Å². The number of hydrogen-bond donors (Lipinski definition) is 2. The Morgan fingerprint density at radius 3 is 2.88 bits per heavy atom. The highest BCUT2D eigenvalue weighted by molar-refractivity contribution is 5.77. The van der Waals surface area contributed by atoms with E-state index in [1.165, 1.54) is 5.69 Å². The first-order valence-electron chi connectivity index (χ1n) is 6.18. The molecule has 0 unspecified atom stereocenters. The molecule has 0 fully saturated rings. The van der Waals surface area contributed by atoms with Crippen LogP contribution in [0.5, 0.6) is 0 Å². The Kier molecular flexibility index (Phi) is 5.52. The Morgan fingerprint density at radius 2 is 2.29 bits per heavy atom. The summed E-state index contributed by atoms with van der Waals surface area (Å²) in [5, 5.41) is 7.50. The van der Waals surface area contributed by atoms with Gasteiger partial charge in [0.1, 0.15) is 0 Å². The monoisotopic (exact) mass is 237 g/mol. The normalized spacial score (nSPS) is 11.8. The Hall–Kier alpha value is -1.52. The average Bonchev–Trinajstić information content (AvgIpc) is 2.60. The maximum atomic E-state index is 5.69. The Morgan fingerprint density at radius 1 is 1.53 bits per heavy atom. The van der Waals surface area contributed by atoms with Crippen LogP contribution in [0.2, 0.25) is 0 Å². The van der Waals surface area contributed by atoms with E-state index in [0.29, 0.717) is 5.96 Å².